The molecule has 76 valence electrons. The normalized spacial score (nSPS) is 11.0. The Kier molecular flexibility index (Phi) is 3.47. The molecule has 0 aromatic heterocycles. The zero-order valence-corrected chi connectivity index (χ0v) is 9.38. The summed E-state index contributed by atoms with van der Waals surface area (Å²) in [5.74, 6) is 0. The van der Waals surface area contributed by atoms with Gasteiger partial charge in [-0.25, -0.2) is 4.21 Å². The molecule has 1 rings (SSSR count). The van der Waals surface area contributed by atoms with E-state index in [0.29, 0.717) is 0 Å². The molecule has 0 saturated carbocycles. The third kappa shape index (κ3) is 3.75. The molecule has 0 aliphatic rings. The van der Waals surface area contributed by atoms with Crippen molar-refractivity contribution in [2.75, 3.05) is 12.5 Å². The van der Waals surface area contributed by atoms with Crippen LogP contribution in [0, 0.1) is 0 Å². The highest BCUT2D eigenvalue weighted by Gasteiger charge is 1.94. The van der Waals surface area contributed by atoms with E-state index in [1.807, 2.05) is 30.3 Å². The number of allylic oxidation sites excluding steroid dienone is 1. The Morgan fingerprint density at radius 2 is 1.93 bits per heavy atom. The van der Waals surface area contributed by atoms with Gasteiger partial charge in [-0.3, -0.25) is 0 Å². The molecule has 14 heavy (non-hydrogen) atoms. The van der Waals surface area contributed by atoms with Crippen molar-refractivity contribution in [3.63, 3.8) is 0 Å². The van der Waals surface area contributed by atoms with Gasteiger partial charge in [-0.1, -0.05) is 18.2 Å². The maximum Gasteiger partial charge on any atom is 0.0730 e. The fourth-order valence-electron chi connectivity index (χ4n) is 1.11. The van der Waals surface area contributed by atoms with Crippen molar-refractivity contribution in [1.29, 1.82) is 0 Å². The van der Waals surface area contributed by atoms with Crippen molar-refractivity contribution >= 4 is 15.4 Å². The molecule has 0 radical (unpaired) electrons. The van der Waals surface area contributed by atoms with Crippen LogP contribution in [-0.2, 0) is 16.1 Å². The summed E-state index contributed by atoms with van der Waals surface area (Å²) < 4.78 is 15.5. The minimum Gasteiger partial charge on any atom is -0.250 e. The summed E-state index contributed by atoms with van der Waals surface area (Å²) in [7, 11) is -2.05. The topological polar surface area (TPSA) is 29.4 Å². The Balaban J connectivity index is 2.95. The van der Waals surface area contributed by atoms with Gasteiger partial charge >= 0.3 is 0 Å². The second kappa shape index (κ2) is 4.42. The SMILES string of the molecule is C=CCc1ccc(N=S(C)(C)=O)cc1. The highest BCUT2D eigenvalue weighted by molar-refractivity contribution is 7.92. The van der Waals surface area contributed by atoms with Crippen molar-refractivity contribution in [3.05, 3.63) is 42.5 Å². The Morgan fingerprint density at radius 3 is 2.36 bits per heavy atom. The molecule has 0 N–H and O–H groups in total. The third-order valence-electron chi connectivity index (χ3n) is 1.64. The summed E-state index contributed by atoms with van der Waals surface area (Å²) in [4.78, 5) is 0. The molecule has 0 aliphatic carbocycles. The number of benzene rings is 1. The molecule has 2 nitrogen and oxygen atoms in total. The average Bonchev–Trinajstić information content (AvgIpc) is 2.06. The van der Waals surface area contributed by atoms with Gasteiger partial charge in [0.25, 0.3) is 0 Å². The summed E-state index contributed by atoms with van der Waals surface area (Å²) in [6.07, 6.45) is 5.97. The molecule has 0 bridgehead atoms. The number of nitrogens with zero attached hydrogens (tertiary/aromatic N) is 1. The van der Waals surface area contributed by atoms with Gasteiger partial charge in [-0.2, -0.15) is 4.36 Å². The van der Waals surface area contributed by atoms with E-state index in [4.69, 9.17) is 0 Å². The van der Waals surface area contributed by atoms with E-state index in [1.54, 1.807) is 12.5 Å². The van der Waals surface area contributed by atoms with Gasteiger partial charge in [0.1, 0.15) is 0 Å². The van der Waals surface area contributed by atoms with Crippen molar-refractivity contribution in [2.45, 2.75) is 6.42 Å². The van der Waals surface area contributed by atoms with Gasteiger partial charge in [0.2, 0.25) is 0 Å². The second-order valence-electron chi connectivity index (χ2n) is 3.43. The van der Waals surface area contributed by atoms with Gasteiger partial charge in [-0.05, 0) is 24.1 Å². The molecule has 0 fully saturated rings. The zero-order valence-electron chi connectivity index (χ0n) is 8.56. The second-order valence-corrected chi connectivity index (χ2v) is 5.98. The highest BCUT2D eigenvalue weighted by Crippen LogP contribution is 2.15. The lowest BCUT2D eigenvalue weighted by atomic mass is 10.1. The lowest BCUT2D eigenvalue weighted by molar-refractivity contribution is 0.684. The lowest BCUT2D eigenvalue weighted by Gasteiger charge is -1.98. The molecule has 1 aromatic carbocycles. The number of hydrogen-bond acceptors (Lipinski definition) is 2. The van der Waals surface area contributed by atoms with E-state index < -0.39 is 9.73 Å². The lowest BCUT2D eigenvalue weighted by Crippen LogP contribution is -1.88. The molecule has 0 aliphatic heterocycles. The van der Waals surface area contributed by atoms with E-state index in [0.717, 1.165) is 12.1 Å². The van der Waals surface area contributed by atoms with E-state index in [2.05, 4.69) is 10.9 Å². The van der Waals surface area contributed by atoms with Crippen molar-refractivity contribution < 1.29 is 4.21 Å². The van der Waals surface area contributed by atoms with E-state index in [9.17, 15) is 4.21 Å². The number of hydrogen-bond donors (Lipinski definition) is 0. The molecule has 0 unspecified atom stereocenters. The summed E-state index contributed by atoms with van der Waals surface area (Å²) in [5.41, 5.74) is 1.96. The monoisotopic (exact) mass is 209 g/mol. The molecule has 0 atom stereocenters. The molecular formula is C11H15NOS. The maximum atomic E-state index is 11.4. The first kappa shape index (κ1) is 11.0. The van der Waals surface area contributed by atoms with Crippen molar-refractivity contribution in [1.82, 2.24) is 0 Å². The molecule has 3 heteroatoms. The van der Waals surface area contributed by atoms with Crippen LogP contribution in [0.4, 0.5) is 5.69 Å². The van der Waals surface area contributed by atoms with Gasteiger partial charge in [0, 0.05) is 22.2 Å². The minimum absolute atomic E-state index is 0.771. The predicted octanol–water partition coefficient (Wildman–Crippen LogP) is 2.77. The standard InChI is InChI=1S/C11H15NOS/c1-4-5-10-6-8-11(9-7-10)12-14(2,3)13/h4,6-9H,1,5H2,2-3H3. The maximum absolute atomic E-state index is 11.4. The molecule has 0 saturated heterocycles. The van der Waals surface area contributed by atoms with Crippen LogP contribution in [-0.4, -0.2) is 16.7 Å². The van der Waals surface area contributed by atoms with Crippen LogP contribution in [0.2, 0.25) is 0 Å². The van der Waals surface area contributed by atoms with Crippen molar-refractivity contribution in [2.24, 2.45) is 4.36 Å². The highest BCUT2D eigenvalue weighted by atomic mass is 32.2. The summed E-state index contributed by atoms with van der Waals surface area (Å²) in [6, 6.07) is 7.72. The van der Waals surface area contributed by atoms with Crippen molar-refractivity contribution in [3.8, 4) is 0 Å². The largest absolute Gasteiger partial charge is 0.250 e. The first-order valence-corrected chi connectivity index (χ1v) is 6.71. The smallest absolute Gasteiger partial charge is 0.0730 e. The van der Waals surface area contributed by atoms with E-state index in [-0.39, 0.29) is 0 Å². The molecule has 0 heterocycles. The Hall–Kier alpha value is -1.09. The third-order valence-corrected chi connectivity index (χ3v) is 2.29. The van der Waals surface area contributed by atoms with Gasteiger partial charge in [0.05, 0.1) is 5.69 Å². The Bertz CT molecular complexity index is 417. The van der Waals surface area contributed by atoms with Gasteiger partial charge in [0.15, 0.2) is 0 Å². The van der Waals surface area contributed by atoms with Crippen LogP contribution in [0.15, 0.2) is 41.3 Å². The van der Waals surface area contributed by atoms with E-state index in [1.165, 1.54) is 5.56 Å². The van der Waals surface area contributed by atoms with Crippen LogP contribution < -0.4 is 0 Å². The van der Waals surface area contributed by atoms with E-state index >= 15 is 0 Å². The van der Waals surface area contributed by atoms with Crippen LogP contribution >= 0.6 is 0 Å². The van der Waals surface area contributed by atoms with Crippen LogP contribution in [0.25, 0.3) is 0 Å². The minimum atomic E-state index is -2.05. The molecular weight excluding hydrogens is 194 g/mol. The molecule has 0 amide bonds. The summed E-state index contributed by atoms with van der Waals surface area (Å²) in [6.45, 7) is 3.67. The van der Waals surface area contributed by atoms with Crippen LogP contribution in [0.5, 0.6) is 0 Å². The molecule has 0 spiro atoms. The van der Waals surface area contributed by atoms with Gasteiger partial charge in [-0.15, -0.1) is 6.58 Å². The average molecular weight is 209 g/mol. The Morgan fingerprint density at radius 1 is 1.36 bits per heavy atom. The van der Waals surface area contributed by atoms with Crippen LogP contribution in [0.3, 0.4) is 0 Å². The quantitative estimate of drug-likeness (QED) is 0.704. The fraction of sp³-hybridized carbons (Fsp3) is 0.273. The number of rotatable bonds is 3. The first-order valence-electron chi connectivity index (χ1n) is 4.38. The molecule has 1 aromatic rings. The summed E-state index contributed by atoms with van der Waals surface area (Å²) in [5, 5.41) is 0. The fourth-order valence-corrected chi connectivity index (χ4v) is 1.74. The predicted molar refractivity (Wildman–Crippen MR) is 62.4 cm³/mol. The van der Waals surface area contributed by atoms with Gasteiger partial charge < -0.3 is 0 Å². The summed E-state index contributed by atoms with van der Waals surface area (Å²) >= 11 is 0. The zero-order chi connectivity index (χ0) is 10.6. The van der Waals surface area contributed by atoms with Crippen LogP contribution in [0.1, 0.15) is 5.56 Å². The first-order chi connectivity index (χ1) is 6.51. The Labute approximate surface area is 85.8 Å².